The highest BCUT2D eigenvalue weighted by molar-refractivity contribution is 5.51. The lowest BCUT2D eigenvalue weighted by Crippen LogP contribution is -2.26. The molecule has 0 radical (unpaired) electrons. The van der Waals surface area contributed by atoms with Crippen molar-refractivity contribution in [2.75, 3.05) is 31.1 Å². The van der Waals surface area contributed by atoms with E-state index in [-0.39, 0.29) is 5.69 Å². The standard InChI is InChI=1S/C11H14N6O/c18-11-15-14-10-1-9(13-6-17(10)11)16-4-7-2-12-3-8(7)5-16/h1,6-8,12H,2-5H2,(H,15,18)/t7-,8+. The molecule has 4 heterocycles. The molecule has 2 aliphatic rings. The summed E-state index contributed by atoms with van der Waals surface area (Å²) in [6.45, 7) is 4.28. The van der Waals surface area contributed by atoms with Gasteiger partial charge < -0.3 is 10.2 Å². The second kappa shape index (κ2) is 3.55. The Hall–Kier alpha value is -1.89. The number of nitrogens with zero attached hydrogens (tertiary/aromatic N) is 4. The van der Waals surface area contributed by atoms with Crippen molar-refractivity contribution in [1.82, 2.24) is 24.9 Å². The SMILES string of the molecule is O=c1[nH]nc2cc(N3C[C@H]4CNC[C@H]4C3)ncn12. The molecule has 2 aliphatic heterocycles. The van der Waals surface area contributed by atoms with E-state index >= 15 is 0 Å². The molecule has 2 saturated heterocycles. The fourth-order valence-electron chi connectivity index (χ4n) is 3.02. The lowest BCUT2D eigenvalue weighted by Gasteiger charge is -2.18. The molecule has 0 unspecified atom stereocenters. The van der Waals surface area contributed by atoms with Gasteiger partial charge in [-0.2, -0.15) is 5.10 Å². The molecule has 0 aromatic carbocycles. The predicted octanol–water partition coefficient (Wildman–Crippen LogP) is -0.927. The van der Waals surface area contributed by atoms with Gasteiger partial charge in [-0.1, -0.05) is 0 Å². The Balaban J connectivity index is 1.69. The number of anilines is 1. The third-order valence-corrected chi connectivity index (χ3v) is 4.01. The van der Waals surface area contributed by atoms with Crippen LogP contribution in [0.1, 0.15) is 0 Å². The molecule has 18 heavy (non-hydrogen) atoms. The third kappa shape index (κ3) is 1.37. The molecule has 7 heteroatoms. The summed E-state index contributed by atoms with van der Waals surface area (Å²) in [5.41, 5.74) is 0.381. The van der Waals surface area contributed by atoms with Gasteiger partial charge in [0.1, 0.15) is 12.1 Å². The van der Waals surface area contributed by atoms with Crippen LogP contribution in [0.3, 0.4) is 0 Å². The minimum absolute atomic E-state index is 0.244. The van der Waals surface area contributed by atoms with E-state index < -0.39 is 0 Å². The molecule has 0 aliphatic carbocycles. The number of hydrogen-bond donors (Lipinski definition) is 2. The Morgan fingerprint density at radius 3 is 2.83 bits per heavy atom. The minimum Gasteiger partial charge on any atom is -0.356 e. The van der Waals surface area contributed by atoms with Crippen LogP contribution in [0.15, 0.2) is 17.2 Å². The van der Waals surface area contributed by atoms with Crippen LogP contribution < -0.4 is 15.9 Å². The Morgan fingerprint density at radius 2 is 2.06 bits per heavy atom. The highest BCUT2D eigenvalue weighted by atomic mass is 16.1. The number of hydrogen-bond acceptors (Lipinski definition) is 5. The van der Waals surface area contributed by atoms with E-state index in [9.17, 15) is 4.79 Å². The van der Waals surface area contributed by atoms with Gasteiger partial charge in [-0.15, -0.1) is 0 Å². The average molecular weight is 246 g/mol. The first kappa shape index (κ1) is 10.1. The summed E-state index contributed by atoms with van der Waals surface area (Å²) in [6, 6.07) is 1.87. The van der Waals surface area contributed by atoms with Crippen molar-refractivity contribution < 1.29 is 0 Å². The van der Waals surface area contributed by atoms with Crippen LogP contribution in [0.5, 0.6) is 0 Å². The van der Waals surface area contributed by atoms with E-state index in [4.69, 9.17) is 0 Å². The van der Waals surface area contributed by atoms with Gasteiger partial charge in [0.15, 0.2) is 5.65 Å². The van der Waals surface area contributed by atoms with Gasteiger partial charge in [-0.05, 0) is 11.8 Å². The van der Waals surface area contributed by atoms with Crippen LogP contribution in [-0.2, 0) is 0 Å². The largest absolute Gasteiger partial charge is 0.356 e. The fourth-order valence-corrected chi connectivity index (χ4v) is 3.02. The van der Waals surface area contributed by atoms with Crippen LogP contribution in [0.2, 0.25) is 0 Å². The van der Waals surface area contributed by atoms with Crippen molar-refractivity contribution >= 4 is 11.5 Å². The highest BCUT2D eigenvalue weighted by Gasteiger charge is 2.36. The molecule has 0 spiro atoms. The molecule has 2 fully saturated rings. The average Bonchev–Trinajstić information content (AvgIpc) is 3.03. The van der Waals surface area contributed by atoms with Crippen LogP contribution in [-0.4, -0.2) is 45.8 Å². The monoisotopic (exact) mass is 246 g/mol. The summed E-state index contributed by atoms with van der Waals surface area (Å²) < 4.78 is 1.42. The van der Waals surface area contributed by atoms with Crippen molar-refractivity contribution in [3.05, 3.63) is 22.9 Å². The van der Waals surface area contributed by atoms with Crippen LogP contribution in [0, 0.1) is 11.8 Å². The number of fused-ring (bicyclic) bond motifs is 2. The maximum Gasteiger partial charge on any atom is 0.348 e. The number of H-pyrrole nitrogens is 1. The van der Waals surface area contributed by atoms with Crippen molar-refractivity contribution in [2.45, 2.75) is 0 Å². The molecule has 0 bridgehead atoms. The normalized spacial score (nSPS) is 27.0. The zero-order valence-corrected chi connectivity index (χ0v) is 9.83. The Morgan fingerprint density at radius 1 is 1.28 bits per heavy atom. The number of nitrogens with one attached hydrogen (secondary N) is 2. The summed E-state index contributed by atoms with van der Waals surface area (Å²) in [4.78, 5) is 18.0. The highest BCUT2D eigenvalue weighted by Crippen LogP contribution is 2.29. The summed E-state index contributed by atoms with van der Waals surface area (Å²) in [5.74, 6) is 2.37. The fraction of sp³-hybridized carbons (Fsp3) is 0.545. The molecular formula is C11H14N6O. The number of aromatic amines is 1. The first-order valence-electron chi connectivity index (χ1n) is 6.20. The van der Waals surface area contributed by atoms with E-state index in [1.807, 2.05) is 6.07 Å². The molecule has 2 atom stereocenters. The molecular weight excluding hydrogens is 232 g/mol. The molecule has 2 N–H and O–H groups in total. The summed E-state index contributed by atoms with van der Waals surface area (Å²) in [7, 11) is 0. The zero-order valence-electron chi connectivity index (χ0n) is 9.83. The van der Waals surface area contributed by atoms with Crippen molar-refractivity contribution in [2.24, 2.45) is 11.8 Å². The van der Waals surface area contributed by atoms with E-state index in [0.29, 0.717) is 5.65 Å². The molecule has 2 aromatic heterocycles. The second-order valence-corrected chi connectivity index (χ2v) is 5.09. The van der Waals surface area contributed by atoms with Gasteiger partial charge in [0.2, 0.25) is 0 Å². The molecule has 7 nitrogen and oxygen atoms in total. The van der Waals surface area contributed by atoms with Crippen LogP contribution >= 0.6 is 0 Å². The van der Waals surface area contributed by atoms with E-state index in [1.165, 1.54) is 4.40 Å². The molecule has 94 valence electrons. The number of rotatable bonds is 1. The van der Waals surface area contributed by atoms with Gasteiger partial charge in [0.05, 0.1) is 0 Å². The Kier molecular flexibility index (Phi) is 1.99. The van der Waals surface area contributed by atoms with Crippen molar-refractivity contribution in [3.63, 3.8) is 0 Å². The van der Waals surface area contributed by atoms with E-state index in [0.717, 1.165) is 43.8 Å². The summed E-state index contributed by atoms with van der Waals surface area (Å²) in [5, 5.41) is 9.81. The van der Waals surface area contributed by atoms with Gasteiger partial charge in [-0.3, -0.25) is 0 Å². The number of aromatic nitrogens is 4. The Bertz CT molecular complexity index is 634. The predicted molar refractivity (Wildman–Crippen MR) is 65.7 cm³/mol. The van der Waals surface area contributed by atoms with E-state index in [2.05, 4.69) is 25.4 Å². The molecule has 4 rings (SSSR count). The second-order valence-electron chi connectivity index (χ2n) is 5.09. The Labute approximate surface area is 103 Å². The first-order chi connectivity index (χ1) is 8.81. The maximum atomic E-state index is 11.4. The lowest BCUT2D eigenvalue weighted by molar-refractivity contribution is 0.533. The summed E-state index contributed by atoms with van der Waals surface area (Å²) in [6.07, 6.45) is 1.54. The smallest absolute Gasteiger partial charge is 0.348 e. The summed E-state index contributed by atoms with van der Waals surface area (Å²) >= 11 is 0. The van der Waals surface area contributed by atoms with Crippen LogP contribution in [0.25, 0.3) is 5.65 Å². The first-order valence-corrected chi connectivity index (χ1v) is 6.20. The van der Waals surface area contributed by atoms with Gasteiger partial charge >= 0.3 is 5.69 Å². The minimum atomic E-state index is -0.244. The van der Waals surface area contributed by atoms with Gasteiger partial charge in [-0.25, -0.2) is 19.3 Å². The maximum absolute atomic E-state index is 11.4. The zero-order chi connectivity index (χ0) is 12.1. The topological polar surface area (TPSA) is 78.3 Å². The van der Waals surface area contributed by atoms with Crippen LogP contribution in [0.4, 0.5) is 5.82 Å². The molecule has 2 aromatic rings. The van der Waals surface area contributed by atoms with E-state index in [1.54, 1.807) is 6.33 Å². The molecule has 0 amide bonds. The third-order valence-electron chi connectivity index (χ3n) is 4.01. The van der Waals surface area contributed by atoms with Crippen molar-refractivity contribution in [3.8, 4) is 0 Å². The lowest BCUT2D eigenvalue weighted by atomic mass is 10.0. The quantitative estimate of drug-likeness (QED) is 0.680. The van der Waals surface area contributed by atoms with Gasteiger partial charge in [0.25, 0.3) is 0 Å². The van der Waals surface area contributed by atoms with Crippen molar-refractivity contribution in [1.29, 1.82) is 0 Å². The molecule has 0 saturated carbocycles. The van der Waals surface area contributed by atoms with Gasteiger partial charge in [0, 0.05) is 32.2 Å².